The fourth-order valence-electron chi connectivity index (χ4n) is 3.19. The number of hydrogen-bond donors (Lipinski definition) is 1. The van der Waals surface area contributed by atoms with Gasteiger partial charge in [-0.1, -0.05) is 6.92 Å². The molecule has 0 spiro atoms. The van der Waals surface area contributed by atoms with Crippen molar-refractivity contribution in [3.63, 3.8) is 0 Å². The van der Waals surface area contributed by atoms with E-state index in [1.54, 1.807) is 19.3 Å². The van der Waals surface area contributed by atoms with E-state index in [9.17, 15) is 9.59 Å². The molecule has 0 radical (unpaired) electrons. The number of nitrogens with one attached hydrogen (secondary N) is 1. The Hall–Kier alpha value is -2.60. The topological polar surface area (TPSA) is 57.6 Å². The molecular weight excluding hydrogens is 328 g/mol. The van der Waals surface area contributed by atoms with Crippen molar-refractivity contribution in [1.29, 1.82) is 0 Å². The molecule has 6 heteroatoms. The summed E-state index contributed by atoms with van der Waals surface area (Å²) in [6.45, 7) is 9.48. The summed E-state index contributed by atoms with van der Waals surface area (Å²) in [6, 6.07) is 9.10. The first-order valence-corrected chi connectivity index (χ1v) is 9.04. The van der Waals surface area contributed by atoms with E-state index in [-0.39, 0.29) is 11.5 Å². The summed E-state index contributed by atoms with van der Waals surface area (Å²) in [5.41, 5.74) is 3.14. The Morgan fingerprint density at radius 1 is 1.12 bits per heavy atom. The smallest absolute Gasteiger partial charge is 0.255 e. The molecule has 1 fully saturated rings. The Kier molecular flexibility index (Phi) is 5.42. The van der Waals surface area contributed by atoms with Crippen molar-refractivity contribution in [2.45, 2.75) is 13.8 Å². The van der Waals surface area contributed by atoms with Gasteiger partial charge < -0.3 is 19.7 Å². The van der Waals surface area contributed by atoms with Gasteiger partial charge in [-0.25, -0.2) is 0 Å². The van der Waals surface area contributed by atoms with Crippen molar-refractivity contribution >= 4 is 17.3 Å². The Labute approximate surface area is 154 Å². The van der Waals surface area contributed by atoms with E-state index in [1.807, 2.05) is 19.1 Å². The van der Waals surface area contributed by atoms with E-state index in [4.69, 9.17) is 0 Å². The Balaban J connectivity index is 1.70. The highest BCUT2D eigenvalue weighted by Gasteiger charge is 2.17. The number of nitrogens with zero attached hydrogens (tertiary/aromatic N) is 3. The molecule has 0 saturated carbocycles. The van der Waals surface area contributed by atoms with Crippen molar-refractivity contribution in [3.8, 4) is 0 Å². The van der Waals surface area contributed by atoms with Gasteiger partial charge in [0.15, 0.2) is 0 Å². The number of rotatable bonds is 4. The zero-order chi connectivity index (χ0) is 18.7. The summed E-state index contributed by atoms with van der Waals surface area (Å²) in [5.74, 6) is -0.268. The normalized spacial score (nSPS) is 15.1. The number of benzene rings is 1. The third-order valence-corrected chi connectivity index (χ3v) is 5.01. The van der Waals surface area contributed by atoms with E-state index in [1.165, 1.54) is 16.3 Å². The van der Waals surface area contributed by atoms with Gasteiger partial charge in [-0.2, -0.15) is 0 Å². The lowest BCUT2D eigenvalue weighted by Gasteiger charge is -2.35. The van der Waals surface area contributed by atoms with Crippen LogP contribution < -0.4 is 15.8 Å². The van der Waals surface area contributed by atoms with Crippen molar-refractivity contribution in [2.24, 2.45) is 7.05 Å². The van der Waals surface area contributed by atoms with Gasteiger partial charge in [0.05, 0.1) is 0 Å². The number of anilines is 2. The molecule has 2 heterocycles. The van der Waals surface area contributed by atoms with Crippen LogP contribution in [0.3, 0.4) is 0 Å². The molecule has 0 atom stereocenters. The fraction of sp³-hybridized carbons (Fsp3) is 0.400. The van der Waals surface area contributed by atoms with Crippen LogP contribution in [0.4, 0.5) is 11.4 Å². The highest BCUT2D eigenvalue weighted by atomic mass is 16.2. The number of aromatic nitrogens is 1. The predicted octanol–water partition coefficient (Wildman–Crippen LogP) is 2.09. The number of pyridine rings is 1. The van der Waals surface area contributed by atoms with Crippen molar-refractivity contribution in [1.82, 2.24) is 9.47 Å². The summed E-state index contributed by atoms with van der Waals surface area (Å²) in [4.78, 5) is 28.9. The van der Waals surface area contributed by atoms with Gasteiger partial charge in [-0.3, -0.25) is 9.59 Å². The molecule has 2 aromatic rings. The number of amides is 1. The zero-order valence-corrected chi connectivity index (χ0v) is 15.7. The molecule has 6 nitrogen and oxygen atoms in total. The molecule has 138 valence electrons. The lowest BCUT2D eigenvalue weighted by Crippen LogP contribution is -2.46. The number of hydrogen-bond acceptors (Lipinski definition) is 4. The van der Waals surface area contributed by atoms with Gasteiger partial charge in [0.1, 0.15) is 0 Å². The summed E-state index contributed by atoms with van der Waals surface area (Å²) >= 11 is 0. The second-order valence-electron chi connectivity index (χ2n) is 6.74. The van der Waals surface area contributed by atoms with Crippen molar-refractivity contribution in [2.75, 3.05) is 42.9 Å². The first-order valence-electron chi connectivity index (χ1n) is 9.04. The molecule has 1 aliphatic rings. The highest BCUT2D eigenvalue weighted by Crippen LogP contribution is 2.24. The first kappa shape index (κ1) is 18.2. The van der Waals surface area contributed by atoms with Gasteiger partial charge in [0, 0.05) is 62.4 Å². The first-order chi connectivity index (χ1) is 12.5. The monoisotopic (exact) mass is 354 g/mol. The van der Waals surface area contributed by atoms with Gasteiger partial charge in [0.25, 0.3) is 11.5 Å². The Bertz CT molecular complexity index is 851. The lowest BCUT2D eigenvalue weighted by atomic mass is 10.1. The molecule has 0 aliphatic carbocycles. The van der Waals surface area contributed by atoms with E-state index in [0.717, 1.165) is 44.0 Å². The minimum absolute atomic E-state index is 0.198. The molecule has 1 N–H and O–H groups in total. The van der Waals surface area contributed by atoms with Crippen LogP contribution in [0.1, 0.15) is 22.8 Å². The average molecular weight is 354 g/mol. The summed E-state index contributed by atoms with van der Waals surface area (Å²) < 4.78 is 1.44. The van der Waals surface area contributed by atoms with Crippen LogP contribution in [0.5, 0.6) is 0 Å². The largest absolute Gasteiger partial charge is 0.369 e. The lowest BCUT2D eigenvalue weighted by molar-refractivity contribution is 0.102. The number of carbonyl (C=O) groups excluding carboxylic acids is 1. The van der Waals surface area contributed by atoms with Crippen LogP contribution in [-0.2, 0) is 7.05 Å². The SMILES string of the molecule is CCN1CCN(c2ccc(NC(=O)c3ccn(C)c(=O)c3)c(C)c2)CC1. The maximum atomic E-state index is 12.4. The average Bonchev–Trinajstić information content (AvgIpc) is 2.65. The number of carbonyl (C=O) groups is 1. The van der Waals surface area contributed by atoms with Gasteiger partial charge in [0.2, 0.25) is 0 Å². The number of likely N-dealkylation sites (N-methyl/N-ethyl adjacent to an activating group) is 1. The van der Waals surface area contributed by atoms with Gasteiger partial charge in [-0.05, 0) is 43.3 Å². The maximum Gasteiger partial charge on any atom is 0.255 e. The van der Waals surface area contributed by atoms with Crippen LogP contribution in [0.15, 0.2) is 41.3 Å². The quantitative estimate of drug-likeness (QED) is 0.913. The fourth-order valence-corrected chi connectivity index (χ4v) is 3.19. The molecule has 1 aromatic carbocycles. The number of piperazine rings is 1. The third-order valence-electron chi connectivity index (χ3n) is 5.01. The Morgan fingerprint density at radius 3 is 2.46 bits per heavy atom. The predicted molar refractivity (Wildman–Crippen MR) is 105 cm³/mol. The molecule has 3 rings (SSSR count). The molecule has 0 unspecified atom stereocenters. The van der Waals surface area contributed by atoms with Crippen molar-refractivity contribution < 1.29 is 4.79 Å². The van der Waals surface area contributed by atoms with E-state index < -0.39 is 0 Å². The van der Waals surface area contributed by atoms with E-state index >= 15 is 0 Å². The van der Waals surface area contributed by atoms with E-state index in [0.29, 0.717) is 5.56 Å². The zero-order valence-electron chi connectivity index (χ0n) is 15.7. The van der Waals surface area contributed by atoms with Gasteiger partial charge >= 0.3 is 0 Å². The van der Waals surface area contributed by atoms with Crippen LogP contribution >= 0.6 is 0 Å². The molecule has 1 saturated heterocycles. The maximum absolute atomic E-state index is 12.4. The Morgan fingerprint density at radius 2 is 1.85 bits per heavy atom. The molecule has 26 heavy (non-hydrogen) atoms. The minimum atomic E-state index is -0.268. The minimum Gasteiger partial charge on any atom is -0.369 e. The summed E-state index contributed by atoms with van der Waals surface area (Å²) in [7, 11) is 1.66. The van der Waals surface area contributed by atoms with Crippen LogP contribution in [0.2, 0.25) is 0 Å². The van der Waals surface area contributed by atoms with Gasteiger partial charge in [-0.15, -0.1) is 0 Å². The standard InChI is InChI=1S/C20H26N4O2/c1-4-23-9-11-24(12-10-23)17-5-6-18(15(2)13-17)21-20(26)16-7-8-22(3)19(25)14-16/h5-8,13-14H,4,9-12H2,1-3H3,(H,21,26). The van der Waals surface area contributed by atoms with Crippen molar-refractivity contribution in [3.05, 3.63) is 58.0 Å². The molecular formula is C20H26N4O2. The molecule has 1 aromatic heterocycles. The number of aryl methyl sites for hydroxylation is 2. The van der Waals surface area contributed by atoms with Crippen LogP contribution in [0, 0.1) is 6.92 Å². The summed E-state index contributed by atoms with van der Waals surface area (Å²) in [6.07, 6.45) is 1.60. The summed E-state index contributed by atoms with van der Waals surface area (Å²) in [5, 5.41) is 2.91. The second kappa shape index (κ2) is 7.74. The van der Waals surface area contributed by atoms with Crippen LogP contribution in [0.25, 0.3) is 0 Å². The molecule has 1 aliphatic heterocycles. The second-order valence-corrected chi connectivity index (χ2v) is 6.74. The highest BCUT2D eigenvalue weighted by molar-refractivity contribution is 6.04. The molecule has 1 amide bonds. The van der Waals surface area contributed by atoms with E-state index in [2.05, 4.69) is 28.1 Å². The third kappa shape index (κ3) is 3.96. The van der Waals surface area contributed by atoms with Crippen LogP contribution in [-0.4, -0.2) is 48.1 Å². The molecule has 0 bridgehead atoms.